The molecule has 0 aliphatic rings. The molecule has 0 unspecified atom stereocenters. The molecular formula is C9H7FN2O2. The predicted molar refractivity (Wildman–Crippen MR) is 47.2 cm³/mol. The molecule has 0 radical (unpaired) electrons. The van der Waals surface area contributed by atoms with E-state index in [-0.39, 0.29) is 12.1 Å². The van der Waals surface area contributed by atoms with Gasteiger partial charge in [0.15, 0.2) is 0 Å². The fraction of sp³-hybridized carbons (Fsp3) is 0.111. The second-order valence-corrected chi connectivity index (χ2v) is 2.55. The van der Waals surface area contributed by atoms with Crippen molar-refractivity contribution in [2.75, 3.05) is 11.9 Å². The van der Waals surface area contributed by atoms with Gasteiger partial charge in [-0.3, -0.25) is 4.79 Å². The van der Waals surface area contributed by atoms with Gasteiger partial charge in [0.2, 0.25) is 0 Å². The van der Waals surface area contributed by atoms with Crippen LogP contribution in [0.4, 0.5) is 10.1 Å². The van der Waals surface area contributed by atoms with Gasteiger partial charge in [0.25, 0.3) is 0 Å². The molecule has 1 aromatic carbocycles. The van der Waals surface area contributed by atoms with E-state index in [4.69, 9.17) is 10.4 Å². The second kappa shape index (κ2) is 4.23. The monoisotopic (exact) mass is 194 g/mol. The van der Waals surface area contributed by atoms with Gasteiger partial charge in [-0.25, -0.2) is 4.39 Å². The smallest absolute Gasteiger partial charge is 0.322 e. The lowest BCUT2D eigenvalue weighted by atomic mass is 10.2. The Morgan fingerprint density at radius 1 is 1.64 bits per heavy atom. The number of halogens is 1. The van der Waals surface area contributed by atoms with E-state index < -0.39 is 11.8 Å². The molecule has 4 nitrogen and oxygen atoms in total. The average Bonchev–Trinajstić information content (AvgIpc) is 2.15. The lowest BCUT2D eigenvalue weighted by Gasteiger charge is -2.03. The maximum Gasteiger partial charge on any atom is 0.322 e. The third-order valence-corrected chi connectivity index (χ3v) is 1.53. The van der Waals surface area contributed by atoms with Gasteiger partial charge in [-0.2, -0.15) is 5.26 Å². The Morgan fingerprint density at radius 2 is 2.36 bits per heavy atom. The van der Waals surface area contributed by atoms with E-state index >= 15 is 0 Å². The van der Waals surface area contributed by atoms with Crippen LogP contribution in [0.2, 0.25) is 0 Å². The zero-order valence-corrected chi connectivity index (χ0v) is 7.12. The van der Waals surface area contributed by atoms with Crippen molar-refractivity contribution >= 4 is 11.7 Å². The second-order valence-electron chi connectivity index (χ2n) is 2.55. The molecule has 0 heterocycles. The van der Waals surface area contributed by atoms with Gasteiger partial charge in [-0.15, -0.1) is 0 Å². The van der Waals surface area contributed by atoms with Crippen molar-refractivity contribution in [1.82, 2.24) is 0 Å². The minimum Gasteiger partial charge on any atom is -0.480 e. The lowest BCUT2D eigenvalue weighted by Crippen LogP contribution is -2.12. The molecular weight excluding hydrogens is 187 g/mol. The average molecular weight is 194 g/mol. The fourth-order valence-corrected chi connectivity index (χ4v) is 0.893. The minimum absolute atomic E-state index is 0.0640. The molecule has 72 valence electrons. The molecule has 1 aromatic rings. The number of carboxylic acids is 1. The molecule has 5 heteroatoms. The fourth-order valence-electron chi connectivity index (χ4n) is 0.893. The van der Waals surface area contributed by atoms with Crippen molar-refractivity contribution < 1.29 is 14.3 Å². The normalized spacial score (nSPS) is 9.14. The number of anilines is 1. The highest BCUT2D eigenvalue weighted by Gasteiger charge is 2.03. The topological polar surface area (TPSA) is 73.1 Å². The van der Waals surface area contributed by atoms with Crippen molar-refractivity contribution in [1.29, 1.82) is 5.26 Å². The first-order valence-corrected chi connectivity index (χ1v) is 3.79. The van der Waals surface area contributed by atoms with Crippen molar-refractivity contribution in [3.05, 3.63) is 29.6 Å². The Balaban J connectivity index is 2.77. The molecule has 14 heavy (non-hydrogen) atoms. The molecule has 0 spiro atoms. The summed E-state index contributed by atoms with van der Waals surface area (Å²) in [5, 5.41) is 19.2. The number of nitrogens with zero attached hydrogens (tertiary/aromatic N) is 1. The zero-order valence-electron chi connectivity index (χ0n) is 7.12. The molecule has 0 amide bonds. The Morgan fingerprint density at radius 3 is 2.86 bits per heavy atom. The molecule has 0 atom stereocenters. The highest BCUT2D eigenvalue weighted by atomic mass is 19.1. The summed E-state index contributed by atoms with van der Waals surface area (Å²) in [4.78, 5) is 10.2. The molecule has 0 saturated carbocycles. The Bertz CT molecular complexity index is 398. The molecule has 2 N–H and O–H groups in total. The zero-order chi connectivity index (χ0) is 10.6. The van der Waals surface area contributed by atoms with E-state index in [0.29, 0.717) is 5.69 Å². The van der Waals surface area contributed by atoms with Crippen molar-refractivity contribution in [3.8, 4) is 6.07 Å². The van der Waals surface area contributed by atoms with Crippen LogP contribution in [0.15, 0.2) is 18.2 Å². The number of nitriles is 1. The number of aliphatic carboxylic acids is 1. The highest BCUT2D eigenvalue weighted by molar-refractivity contribution is 5.72. The first-order chi connectivity index (χ1) is 6.63. The Hall–Kier alpha value is -2.09. The number of hydrogen-bond donors (Lipinski definition) is 2. The summed E-state index contributed by atoms with van der Waals surface area (Å²) in [6, 6.07) is 5.49. The van der Waals surface area contributed by atoms with Crippen LogP contribution in [-0.2, 0) is 4.79 Å². The number of hydrogen-bond acceptors (Lipinski definition) is 3. The standard InChI is InChI=1S/C9H7FN2O2/c10-8-3-7(12-5-9(13)14)2-1-6(8)4-11/h1-3,12H,5H2,(H,13,14). The maximum atomic E-state index is 13.0. The molecule has 0 aliphatic carbocycles. The summed E-state index contributed by atoms with van der Waals surface area (Å²) in [5.41, 5.74) is 0.273. The molecule has 0 aliphatic heterocycles. The number of carbonyl (C=O) groups is 1. The van der Waals surface area contributed by atoms with Gasteiger partial charge in [-0.05, 0) is 18.2 Å². The summed E-state index contributed by atoms with van der Waals surface area (Å²) in [6.07, 6.45) is 0. The van der Waals surface area contributed by atoms with E-state index in [0.717, 1.165) is 6.07 Å². The van der Waals surface area contributed by atoms with E-state index in [9.17, 15) is 9.18 Å². The van der Waals surface area contributed by atoms with Gasteiger partial charge < -0.3 is 10.4 Å². The van der Waals surface area contributed by atoms with Gasteiger partial charge in [-0.1, -0.05) is 0 Å². The Kier molecular flexibility index (Phi) is 3.02. The molecule has 0 aromatic heterocycles. The summed E-state index contributed by atoms with van der Waals surface area (Å²) >= 11 is 0. The molecule has 1 rings (SSSR count). The van der Waals surface area contributed by atoms with Crippen molar-refractivity contribution in [3.63, 3.8) is 0 Å². The molecule has 0 bridgehead atoms. The van der Waals surface area contributed by atoms with Crippen LogP contribution in [0, 0.1) is 17.1 Å². The van der Waals surface area contributed by atoms with E-state index in [1.807, 2.05) is 0 Å². The summed E-state index contributed by atoms with van der Waals surface area (Å²) < 4.78 is 13.0. The van der Waals surface area contributed by atoms with Crippen LogP contribution in [-0.4, -0.2) is 17.6 Å². The van der Waals surface area contributed by atoms with Gasteiger partial charge >= 0.3 is 5.97 Å². The van der Waals surface area contributed by atoms with E-state index in [2.05, 4.69) is 5.32 Å². The van der Waals surface area contributed by atoms with Gasteiger partial charge in [0.05, 0.1) is 5.56 Å². The Labute approximate surface area is 79.6 Å². The first kappa shape index (κ1) is 9.99. The summed E-state index contributed by atoms with van der Waals surface area (Å²) in [7, 11) is 0. The number of rotatable bonds is 3. The largest absolute Gasteiger partial charge is 0.480 e. The van der Waals surface area contributed by atoms with Crippen molar-refractivity contribution in [2.24, 2.45) is 0 Å². The first-order valence-electron chi connectivity index (χ1n) is 3.79. The molecule has 0 saturated heterocycles. The number of benzene rings is 1. The summed E-state index contributed by atoms with van der Waals surface area (Å²) in [6.45, 7) is -0.286. The van der Waals surface area contributed by atoms with Crippen LogP contribution < -0.4 is 5.32 Å². The minimum atomic E-state index is -1.03. The van der Waals surface area contributed by atoms with Crippen LogP contribution in [0.1, 0.15) is 5.56 Å². The van der Waals surface area contributed by atoms with Gasteiger partial charge in [0, 0.05) is 5.69 Å². The van der Waals surface area contributed by atoms with Crippen LogP contribution in [0.5, 0.6) is 0 Å². The summed E-state index contributed by atoms with van der Waals surface area (Å²) in [5.74, 6) is -1.70. The van der Waals surface area contributed by atoms with E-state index in [1.165, 1.54) is 12.1 Å². The third-order valence-electron chi connectivity index (χ3n) is 1.53. The third kappa shape index (κ3) is 2.45. The van der Waals surface area contributed by atoms with Gasteiger partial charge in [0.1, 0.15) is 18.4 Å². The van der Waals surface area contributed by atoms with Crippen LogP contribution in [0.3, 0.4) is 0 Å². The highest BCUT2D eigenvalue weighted by Crippen LogP contribution is 2.13. The number of nitrogens with one attached hydrogen (secondary N) is 1. The SMILES string of the molecule is N#Cc1ccc(NCC(=O)O)cc1F. The van der Waals surface area contributed by atoms with Crippen LogP contribution >= 0.6 is 0 Å². The predicted octanol–water partition coefficient (Wildman–Crippen LogP) is 1.19. The lowest BCUT2D eigenvalue weighted by molar-refractivity contribution is -0.134. The number of carboxylic acid groups (broad SMARTS) is 1. The van der Waals surface area contributed by atoms with Crippen LogP contribution in [0.25, 0.3) is 0 Å². The van der Waals surface area contributed by atoms with E-state index in [1.54, 1.807) is 6.07 Å². The van der Waals surface area contributed by atoms with Crippen molar-refractivity contribution in [2.45, 2.75) is 0 Å². The maximum absolute atomic E-state index is 13.0. The molecule has 0 fully saturated rings. The quantitative estimate of drug-likeness (QED) is 0.758.